The molecule has 0 saturated heterocycles. The number of carbonyl (C=O) groups excluding carboxylic acids is 1. The van der Waals surface area contributed by atoms with Crippen LogP contribution in [0.3, 0.4) is 0 Å². The van der Waals surface area contributed by atoms with Gasteiger partial charge in [-0.2, -0.15) is 0 Å². The number of nitro benzene ring substituents is 1. The van der Waals surface area contributed by atoms with Crippen LogP contribution >= 0.6 is 11.8 Å². The number of amides is 1. The first kappa shape index (κ1) is 23.9. The highest BCUT2D eigenvalue weighted by Crippen LogP contribution is 2.26. The van der Waals surface area contributed by atoms with Gasteiger partial charge in [-0.05, 0) is 36.3 Å². The maximum atomic E-state index is 12.4. The standard InChI is InChI=1S/C26H23N5O3S/c1-19-6-5-9-21(16-19)18-35-26-29-28-24(30(26)22-11-13-23(14-12-22)31(33)34)17-27-25(32)15-10-20-7-3-2-4-8-20/h2-16H,17-18H2,1H3,(H,27,32)/b15-10+. The van der Waals surface area contributed by atoms with Crippen molar-refractivity contribution < 1.29 is 9.72 Å². The summed E-state index contributed by atoms with van der Waals surface area (Å²) in [6.07, 6.45) is 3.20. The highest BCUT2D eigenvalue weighted by Gasteiger charge is 2.16. The quantitative estimate of drug-likeness (QED) is 0.153. The zero-order valence-electron chi connectivity index (χ0n) is 19.0. The van der Waals surface area contributed by atoms with E-state index in [9.17, 15) is 14.9 Å². The van der Waals surface area contributed by atoms with E-state index in [4.69, 9.17) is 0 Å². The summed E-state index contributed by atoms with van der Waals surface area (Å²) in [5, 5.41) is 23.2. The molecule has 0 bridgehead atoms. The zero-order valence-corrected chi connectivity index (χ0v) is 19.8. The van der Waals surface area contributed by atoms with E-state index in [1.165, 1.54) is 35.5 Å². The van der Waals surface area contributed by atoms with Crippen LogP contribution in [0.25, 0.3) is 11.8 Å². The lowest BCUT2D eigenvalue weighted by atomic mass is 10.2. The number of nitrogens with zero attached hydrogens (tertiary/aromatic N) is 4. The van der Waals surface area contributed by atoms with Crippen LogP contribution in [0.2, 0.25) is 0 Å². The average Bonchev–Trinajstić information content (AvgIpc) is 3.28. The van der Waals surface area contributed by atoms with Gasteiger partial charge in [0.25, 0.3) is 5.69 Å². The fourth-order valence-corrected chi connectivity index (χ4v) is 4.32. The minimum atomic E-state index is -0.441. The van der Waals surface area contributed by atoms with Gasteiger partial charge >= 0.3 is 0 Å². The Morgan fingerprint density at radius 2 is 1.83 bits per heavy atom. The summed E-state index contributed by atoms with van der Waals surface area (Å²) in [5.41, 5.74) is 3.92. The SMILES string of the molecule is Cc1cccc(CSc2nnc(CNC(=O)/C=C/c3ccccc3)n2-c2ccc([N+](=O)[O-])cc2)c1. The van der Waals surface area contributed by atoms with Crippen LogP contribution in [0, 0.1) is 17.0 Å². The van der Waals surface area contributed by atoms with Crippen molar-refractivity contribution in [2.75, 3.05) is 0 Å². The summed E-state index contributed by atoms with van der Waals surface area (Å²) in [4.78, 5) is 23.0. The van der Waals surface area contributed by atoms with Crippen molar-refractivity contribution in [3.05, 3.63) is 118 Å². The third-order valence-electron chi connectivity index (χ3n) is 5.12. The number of hydrogen-bond acceptors (Lipinski definition) is 6. The minimum Gasteiger partial charge on any atom is -0.345 e. The third-order valence-corrected chi connectivity index (χ3v) is 6.12. The monoisotopic (exact) mass is 485 g/mol. The molecule has 0 spiro atoms. The van der Waals surface area contributed by atoms with Crippen LogP contribution < -0.4 is 5.32 Å². The maximum Gasteiger partial charge on any atom is 0.269 e. The molecule has 3 aromatic carbocycles. The van der Waals surface area contributed by atoms with E-state index < -0.39 is 4.92 Å². The van der Waals surface area contributed by atoms with Crippen LogP contribution in [0.15, 0.2) is 90.1 Å². The molecule has 9 heteroatoms. The van der Waals surface area contributed by atoms with Gasteiger partial charge in [-0.3, -0.25) is 19.5 Å². The molecule has 176 valence electrons. The Bertz CT molecular complexity index is 1350. The Kier molecular flexibility index (Phi) is 7.69. The highest BCUT2D eigenvalue weighted by molar-refractivity contribution is 7.98. The van der Waals surface area contributed by atoms with Crippen molar-refractivity contribution in [1.29, 1.82) is 0 Å². The molecule has 1 amide bonds. The second-order valence-electron chi connectivity index (χ2n) is 7.75. The van der Waals surface area contributed by atoms with Gasteiger partial charge in [0.2, 0.25) is 5.91 Å². The van der Waals surface area contributed by atoms with Crippen LogP contribution in [0.4, 0.5) is 5.69 Å². The van der Waals surface area contributed by atoms with Gasteiger partial charge in [0, 0.05) is 29.6 Å². The largest absolute Gasteiger partial charge is 0.345 e. The molecule has 0 atom stereocenters. The normalized spacial score (nSPS) is 11.0. The molecular formula is C26H23N5O3S. The Morgan fingerprint density at radius 3 is 2.54 bits per heavy atom. The minimum absolute atomic E-state index is 0.00306. The van der Waals surface area contributed by atoms with E-state index in [0.29, 0.717) is 22.4 Å². The lowest BCUT2D eigenvalue weighted by molar-refractivity contribution is -0.384. The fourth-order valence-electron chi connectivity index (χ4n) is 3.40. The molecular weight excluding hydrogens is 462 g/mol. The first-order valence-electron chi connectivity index (χ1n) is 10.9. The second-order valence-corrected chi connectivity index (χ2v) is 8.69. The molecule has 0 aliphatic heterocycles. The second kappa shape index (κ2) is 11.3. The first-order chi connectivity index (χ1) is 17.0. The lowest BCUT2D eigenvalue weighted by Crippen LogP contribution is -2.22. The van der Waals surface area contributed by atoms with E-state index in [-0.39, 0.29) is 18.1 Å². The number of carbonyl (C=O) groups is 1. The molecule has 8 nitrogen and oxygen atoms in total. The molecule has 4 rings (SSSR count). The van der Waals surface area contributed by atoms with Crippen molar-refractivity contribution in [2.24, 2.45) is 0 Å². The number of aromatic nitrogens is 3. The molecule has 35 heavy (non-hydrogen) atoms. The van der Waals surface area contributed by atoms with Gasteiger partial charge in [-0.1, -0.05) is 71.9 Å². The predicted octanol–water partition coefficient (Wildman–Crippen LogP) is 5.11. The number of nitro groups is 1. The van der Waals surface area contributed by atoms with E-state index in [0.717, 1.165) is 11.1 Å². The van der Waals surface area contributed by atoms with E-state index in [1.807, 2.05) is 60.0 Å². The van der Waals surface area contributed by atoms with Crippen molar-refractivity contribution in [3.63, 3.8) is 0 Å². The third kappa shape index (κ3) is 6.42. The Hall–Kier alpha value is -4.24. The number of benzene rings is 3. The zero-order chi connectivity index (χ0) is 24.6. The van der Waals surface area contributed by atoms with Crippen molar-refractivity contribution in [3.8, 4) is 5.69 Å². The lowest BCUT2D eigenvalue weighted by Gasteiger charge is -2.11. The molecule has 0 aliphatic rings. The Labute approximate surface area is 206 Å². The summed E-state index contributed by atoms with van der Waals surface area (Å²) in [6.45, 7) is 2.19. The average molecular weight is 486 g/mol. The number of aryl methyl sites for hydroxylation is 1. The highest BCUT2D eigenvalue weighted by atomic mass is 32.2. The number of thioether (sulfide) groups is 1. The summed E-state index contributed by atoms with van der Waals surface area (Å²) in [5.74, 6) is 0.937. The summed E-state index contributed by atoms with van der Waals surface area (Å²) < 4.78 is 1.81. The van der Waals surface area contributed by atoms with Crippen LogP contribution in [0.1, 0.15) is 22.5 Å². The topological polar surface area (TPSA) is 103 Å². The van der Waals surface area contributed by atoms with Crippen LogP contribution in [-0.4, -0.2) is 25.6 Å². The first-order valence-corrected chi connectivity index (χ1v) is 11.9. The van der Waals surface area contributed by atoms with Gasteiger partial charge < -0.3 is 5.32 Å². The molecule has 4 aromatic rings. The molecule has 0 unspecified atom stereocenters. The Balaban J connectivity index is 1.54. The molecule has 0 fully saturated rings. The molecule has 1 heterocycles. The van der Waals surface area contributed by atoms with E-state index in [1.54, 1.807) is 18.2 Å². The van der Waals surface area contributed by atoms with Crippen molar-refractivity contribution in [2.45, 2.75) is 24.4 Å². The molecule has 0 aliphatic carbocycles. The number of hydrogen-bond donors (Lipinski definition) is 1. The van der Waals surface area contributed by atoms with Gasteiger partial charge in [0.1, 0.15) is 0 Å². The number of nitrogens with one attached hydrogen (secondary N) is 1. The molecule has 0 saturated carbocycles. The summed E-state index contributed by atoms with van der Waals surface area (Å²) >= 11 is 1.51. The smallest absolute Gasteiger partial charge is 0.269 e. The van der Waals surface area contributed by atoms with Gasteiger partial charge in [-0.15, -0.1) is 10.2 Å². The van der Waals surface area contributed by atoms with Crippen LogP contribution in [-0.2, 0) is 17.1 Å². The molecule has 1 aromatic heterocycles. The van der Waals surface area contributed by atoms with Crippen molar-refractivity contribution >= 4 is 29.4 Å². The van der Waals surface area contributed by atoms with Gasteiger partial charge in [0.05, 0.1) is 11.5 Å². The number of rotatable bonds is 9. The predicted molar refractivity (Wildman–Crippen MR) is 136 cm³/mol. The van der Waals surface area contributed by atoms with Gasteiger partial charge in [-0.25, -0.2) is 0 Å². The van der Waals surface area contributed by atoms with Crippen LogP contribution in [0.5, 0.6) is 0 Å². The molecule has 1 N–H and O–H groups in total. The van der Waals surface area contributed by atoms with Crippen molar-refractivity contribution in [1.82, 2.24) is 20.1 Å². The number of non-ortho nitro benzene ring substituents is 1. The Morgan fingerprint density at radius 1 is 1.06 bits per heavy atom. The summed E-state index contributed by atoms with van der Waals surface area (Å²) in [6, 6.07) is 23.9. The summed E-state index contributed by atoms with van der Waals surface area (Å²) in [7, 11) is 0. The van der Waals surface area contributed by atoms with E-state index in [2.05, 4.69) is 21.6 Å². The fraction of sp³-hybridized carbons (Fsp3) is 0.115. The van der Waals surface area contributed by atoms with E-state index >= 15 is 0 Å². The van der Waals surface area contributed by atoms with Gasteiger partial charge in [0.15, 0.2) is 11.0 Å². The molecule has 0 radical (unpaired) electrons. The maximum absolute atomic E-state index is 12.4.